The van der Waals surface area contributed by atoms with E-state index in [-0.39, 0.29) is 18.4 Å². The van der Waals surface area contributed by atoms with E-state index in [1.807, 2.05) is 19.1 Å². The fraction of sp³-hybridized carbons (Fsp3) is 0.176. The minimum Gasteiger partial charge on any atom is -0.392 e. The maximum absolute atomic E-state index is 12.2. The van der Waals surface area contributed by atoms with Gasteiger partial charge in [-0.3, -0.25) is 9.59 Å². The van der Waals surface area contributed by atoms with Crippen molar-refractivity contribution < 1.29 is 14.7 Å². The van der Waals surface area contributed by atoms with Gasteiger partial charge in [0.2, 0.25) is 5.91 Å². The molecule has 0 heterocycles. The Morgan fingerprint density at radius 1 is 1.05 bits per heavy atom. The highest BCUT2D eigenvalue weighted by Gasteiger charge is 2.08. The monoisotopic (exact) mass is 298 g/mol. The van der Waals surface area contributed by atoms with E-state index in [0.29, 0.717) is 16.9 Å². The van der Waals surface area contributed by atoms with E-state index in [1.165, 1.54) is 6.92 Å². The number of hydrogen-bond acceptors (Lipinski definition) is 3. The third-order valence-corrected chi connectivity index (χ3v) is 3.20. The van der Waals surface area contributed by atoms with Crippen LogP contribution in [0.15, 0.2) is 42.5 Å². The van der Waals surface area contributed by atoms with Crippen LogP contribution in [0.3, 0.4) is 0 Å². The van der Waals surface area contributed by atoms with Crippen molar-refractivity contribution in [3.8, 4) is 0 Å². The van der Waals surface area contributed by atoms with Gasteiger partial charge in [0.15, 0.2) is 0 Å². The van der Waals surface area contributed by atoms with Crippen LogP contribution in [0.1, 0.15) is 28.4 Å². The van der Waals surface area contributed by atoms with Gasteiger partial charge in [0, 0.05) is 23.9 Å². The molecule has 2 aromatic rings. The molecule has 0 aromatic heterocycles. The fourth-order valence-corrected chi connectivity index (χ4v) is 2.00. The van der Waals surface area contributed by atoms with E-state index < -0.39 is 0 Å². The van der Waals surface area contributed by atoms with Gasteiger partial charge in [-0.2, -0.15) is 0 Å². The van der Waals surface area contributed by atoms with Crippen LogP contribution in [-0.2, 0) is 11.4 Å². The topological polar surface area (TPSA) is 78.4 Å². The second kappa shape index (κ2) is 6.87. The molecule has 5 heteroatoms. The zero-order valence-electron chi connectivity index (χ0n) is 12.5. The van der Waals surface area contributed by atoms with E-state index in [0.717, 1.165) is 11.1 Å². The Hall–Kier alpha value is -2.66. The van der Waals surface area contributed by atoms with Crippen molar-refractivity contribution in [1.82, 2.24) is 0 Å². The molecule has 22 heavy (non-hydrogen) atoms. The minimum absolute atomic E-state index is 0.0748. The molecule has 0 aliphatic heterocycles. The predicted octanol–water partition coefficient (Wildman–Crippen LogP) is 2.70. The van der Waals surface area contributed by atoms with Gasteiger partial charge in [-0.1, -0.05) is 12.1 Å². The van der Waals surface area contributed by atoms with Gasteiger partial charge in [0.1, 0.15) is 0 Å². The highest BCUT2D eigenvalue weighted by atomic mass is 16.3. The summed E-state index contributed by atoms with van der Waals surface area (Å²) in [5.74, 6) is -0.402. The molecule has 2 amide bonds. The van der Waals surface area contributed by atoms with E-state index >= 15 is 0 Å². The van der Waals surface area contributed by atoms with Crippen molar-refractivity contribution in [3.05, 3.63) is 59.2 Å². The number of aliphatic hydroxyl groups excluding tert-OH is 1. The molecule has 3 N–H and O–H groups in total. The van der Waals surface area contributed by atoms with Crippen molar-refractivity contribution in [2.24, 2.45) is 0 Å². The van der Waals surface area contributed by atoms with Crippen LogP contribution in [0.25, 0.3) is 0 Å². The summed E-state index contributed by atoms with van der Waals surface area (Å²) in [6.45, 7) is 3.24. The maximum Gasteiger partial charge on any atom is 0.255 e. The molecular weight excluding hydrogens is 280 g/mol. The number of hydrogen-bond donors (Lipinski definition) is 3. The Bertz CT molecular complexity index is 694. The van der Waals surface area contributed by atoms with Crippen molar-refractivity contribution in [2.75, 3.05) is 10.6 Å². The van der Waals surface area contributed by atoms with Crippen LogP contribution in [-0.4, -0.2) is 16.9 Å². The molecule has 0 radical (unpaired) electrons. The fourth-order valence-electron chi connectivity index (χ4n) is 2.00. The standard InChI is InChI=1S/C17H18N2O3/c1-11-3-4-13(10-20)9-16(11)19-17(22)14-5-7-15(8-6-14)18-12(2)21/h3-9,20H,10H2,1-2H3,(H,18,21)(H,19,22). The van der Waals surface area contributed by atoms with Gasteiger partial charge in [-0.15, -0.1) is 0 Å². The molecule has 0 aliphatic rings. The molecule has 114 valence electrons. The Balaban J connectivity index is 2.13. The van der Waals surface area contributed by atoms with E-state index in [1.54, 1.807) is 30.3 Å². The Kier molecular flexibility index (Phi) is 4.91. The number of rotatable bonds is 4. The van der Waals surface area contributed by atoms with Gasteiger partial charge in [0.05, 0.1) is 6.61 Å². The van der Waals surface area contributed by atoms with Gasteiger partial charge in [-0.05, 0) is 48.4 Å². The minimum atomic E-state index is -0.243. The van der Waals surface area contributed by atoms with Crippen LogP contribution in [0.5, 0.6) is 0 Å². The predicted molar refractivity (Wildman–Crippen MR) is 85.8 cm³/mol. The zero-order valence-corrected chi connectivity index (χ0v) is 12.5. The molecule has 0 unspecified atom stereocenters. The second-order valence-corrected chi connectivity index (χ2v) is 5.02. The summed E-state index contributed by atoms with van der Waals surface area (Å²) >= 11 is 0. The SMILES string of the molecule is CC(=O)Nc1ccc(C(=O)Nc2cc(CO)ccc2C)cc1. The first-order valence-corrected chi connectivity index (χ1v) is 6.89. The van der Waals surface area contributed by atoms with Gasteiger partial charge >= 0.3 is 0 Å². The zero-order chi connectivity index (χ0) is 16.1. The summed E-state index contributed by atoms with van der Waals surface area (Å²) in [5, 5.41) is 14.6. The number of aliphatic hydroxyl groups is 1. The van der Waals surface area contributed by atoms with Crippen molar-refractivity contribution in [2.45, 2.75) is 20.5 Å². The quantitative estimate of drug-likeness (QED) is 0.812. The Morgan fingerprint density at radius 2 is 1.73 bits per heavy atom. The van der Waals surface area contributed by atoms with Crippen molar-refractivity contribution in [1.29, 1.82) is 0 Å². The lowest BCUT2D eigenvalue weighted by Crippen LogP contribution is -2.13. The normalized spacial score (nSPS) is 10.1. The van der Waals surface area contributed by atoms with Crippen molar-refractivity contribution >= 4 is 23.2 Å². The molecule has 2 aromatic carbocycles. The molecule has 5 nitrogen and oxygen atoms in total. The molecule has 0 aliphatic carbocycles. The van der Waals surface area contributed by atoms with E-state index in [4.69, 9.17) is 5.11 Å². The van der Waals surface area contributed by atoms with Gasteiger partial charge in [-0.25, -0.2) is 0 Å². The Labute approximate surface area is 129 Å². The van der Waals surface area contributed by atoms with Crippen LogP contribution >= 0.6 is 0 Å². The third-order valence-electron chi connectivity index (χ3n) is 3.20. The smallest absolute Gasteiger partial charge is 0.255 e. The highest BCUT2D eigenvalue weighted by Crippen LogP contribution is 2.18. The van der Waals surface area contributed by atoms with Crippen LogP contribution in [0.4, 0.5) is 11.4 Å². The number of aryl methyl sites for hydroxylation is 1. The molecular formula is C17H18N2O3. The lowest BCUT2D eigenvalue weighted by Gasteiger charge is -2.10. The first-order valence-electron chi connectivity index (χ1n) is 6.89. The summed E-state index contributed by atoms with van der Waals surface area (Å²) in [5.41, 5.74) is 3.45. The molecule has 0 saturated carbocycles. The summed E-state index contributed by atoms with van der Waals surface area (Å²) in [6.07, 6.45) is 0. The van der Waals surface area contributed by atoms with Crippen LogP contribution in [0.2, 0.25) is 0 Å². The van der Waals surface area contributed by atoms with E-state index in [2.05, 4.69) is 10.6 Å². The lowest BCUT2D eigenvalue weighted by molar-refractivity contribution is -0.114. The van der Waals surface area contributed by atoms with Gasteiger partial charge in [0.25, 0.3) is 5.91 Å². The number of carbonyl (C=O) groups excluding carboxylic acids is 2. The molecule has 0 bridgehead atoms. The summed E-state index contributed by atoms with van der Waals surface area (Å²) in [6, 6.07) is 12.0. The lowest BCUT2D eigenvalue weighted by atomic mass is 10.1. The van der Waals surface area contributed by atoms with Crippen LogP contribution in [0, 0.1) is 6.92 Å². The highest BCUT2D eigenvalue weighted by molar-refractivity contribution is 6.05. The Morgan fingerprint density at radius 3 is 2.32 bits per heavy atom. The second-order valence-electron chi connectivity index (χ2n) is 5.02. The van der Waals surface area contributed by atoms with Crippen molar-refractivity contribution in [3.63, 3.8) is 0 Å². The number of nitrogens with one attached hydrogen (secondary N) is 2. The first-order chi connectivity index (χ1) is 10.5. The molecule has 0 atom stereocenters. The molecule has 0 spiro atoms. The number of carbonyl (C=O) groups is 2. The maximum atomic E-state index is 12.2. The summed E-state index contributed by atoms with van der Waals surface area (Å²) in [7, 11) is 0. The molecule has 2 rings (SSSR count). The number of amides is 2. The average Bonchev–Trinajstić information content (AvgIpc) is 2.49. The molecule has 0 fully saturated rings. The summed E-state index contributed by atoms with van der Waals surface area (Å²) in [4.78, 5) is 23.2. The number of anilines is 2. The summed E-state index contributed by atoms with van der Waals surface area (Å²) < 4.78 is 0. The number of benzene rings is 2. The van der Waals surface area contributed by atoms with Gasteiger partial charge < -0.3 is 15.7 Å². The first kappa shape index (κ1) is 15.7. The third kappa shape index (κ3) is 3.93. The van der Waals surface area contributed by atoms with E-state index in [9.17, 15) is 9.59 Å². The van der Waals surface area contributed by atoms with Crippen LogP contribution < -0.4 is 10.6 Å². The molecule has 0 saturated heterocycles. The average molecular weight is 298 g/mol. The largest absolute Gasteiger partial charge is 0.392 e.